The Kier molecular flexibility index (Phi) is 7.06. The smallest absolute Gasteiger partial charge is 0.243 e. The van der Waals surface area contributed by atoms with E-state index in [1.165, 1.54) is 4.90 Å². The van der Waals surface area contributed by atoms with Gasteiger partial charge in [0.05, 0.1) is 39.7 Å². The number of aryl methyl sites for hydroxylation is 1. The van der Waals surface area contributed by atoms with Crippen molar-refractivity contribution in [2.75, 3.05) is 6.54 Å². The number of nitrogens with zero attached hydrogens (tertiary/aromatic N) is 3. The number of carbonyl (C=O) groups excluding carboxylic acids is 2. The van der Waals surface area contributed by atoms with Crippen LogP contribution in [0.5, 0.6) is 0 Å². The Hall–Kier alpha value is -3.54. The highest BCUT2D eigenvalue weighted by Crippen LogP contribution is 2.28. The van der Waals surface area contributed by atoms with Gasteiger partial charge in [0.15, 0.2) is 0 Å². The lowest BCUT2D eigenvalue weighted by atomic mass is 9.97. The second kappa shape index (κ2) is 10.2. The Labute approximate surface area is 202 Å². The molecule has 0 bridgehead atoms. The lowest BCUT2D eigenvalue weighted by molar-refractivity contribution is -0.139. The summed E-state index contributed by atoms with van der Waals surface area (Å²) < 4.78 is 0. The van der Waals surface area contributed by atoms with E-state index >= 15 is 0 Å². The predicted molar refractivity (Wildman–Crippen MR) is 130 cm³/mol. The Morgan fingerprint density at radius 1 is 1.29 bits per heavy atom. The number of rotatable bonds is 6. The molecule has 8 heteroatoms. The number of β-amino-alcohol motifs (C(OH)–C–C–N with tert-alkyl or cyclic N) is 1. The summed E-state index contributed by atoms with van der Waals surface area (Å²) in [6.45, 7) is 4.17. The molecular formula is C26H26N4O3S. The number of thiazole rings is 1. The van der Waals surface area contributed by atoms with E-state index < -0.39 is 18.1 Å². The van der Waals surface area contributed by atoms with Crippen molar-refractivity contribution in [1.82, 2.24) is 15.2 Å². The van der Waals surface area contributed by atoms with Gasteiger partial charge in [0.1, 0.15) is 6.04 Å². The summed E-state index contributed by atoms with van der Waals surface area (Å²) in [5, 5.41) is 22.3. The number of nitrogens with one attached hydrogen (secondary N) is 1. The molecule has 2 amide bonds. The van der Waals surface area contributed by atoms with Gasteiger partial charge in [-0.15, -0.1) is 11.3 Å². The van der Waals surface area contributed by atoms with Crippen LogP contribution in [0.2, 0.25) is 0 Å². The minimum atomic E-state index is -0.751. The molecule has 174 valence electrons. The maximum Gasteiger partial charge on any atom is 0.243 e. The average molecular weight is 475 g/mol. The van der Waals surface area contributed by atoms with Crippen molar-refractivity contribution in [3.05, 3.63) is 76.4 Å². The second-order valence-corrected chi connectivity index (χ2v) is 9.39. The molecule has 1 aromatic heterocycles. The van der Waals surface area contributed by atoms with Crippen molar-refractivity contribution in [2.45, 2.75) is 44.9 Å². The van der Waals surface area contributed by atoms with Gasteiger partial charge in [0, 0.05) is 19.5 Å². The fourth-order valence-electron chi connectivity index (χ4n) is 4.23. The number of nitriles is 1. The van der Waals surface area contributed by atoms with E-state index in [0.717, 1.165) is 21.7 Å². The maximum atomic E-state index is 13.2. The standard InChI is InChI=1S/C26H26N4O3S/c1-16(21-5-3-4-19(10-21)12-27)26(33)30-14-22(31)11-23(30)25(32)28-13-18-6-8-20(9-7-18)24-17(2)29-15-34-24/h3-10,15-16,22-23,31H,11,13-14H2,1-2H3,(H,28,32)/t16?,22-,23+/m1/s1. The molecule has 1 aliphatic heterocycles. The van der Waals surface area contributed by atoms with Crippen LogP contribution in [-0.2, 0) is 16.1 Å². The molecule has 0 saturated carbocycles. The van der Waals surface area contributed by atoms with E-state index in [2.05, 4.69) is 16.4 Å². The van der Waals surface area contributed by atoms with Crippen LogP contribution in [0.3, 0.4) is 0 Å². The fraction of sp³-hybridized carbons (Fsp3) is 0.308. The minimum absolute atomic E-state index is 0.113. The molecule has 1 aliphatic rings. The molecule has 34 heavy (non-hydrogen) atoms. The number of benzene rings is 2. The van der Waals surface area contributed by atoms with Crippen LogP contribution < -0.4 is 5.32 Å². The van der Waals surface area contributed by atoms with Crippen LogP contribution in [-0.4, -0.2) is 45.5 Å². The third-order valence-electron chi connectivity index (χ3n) is 6.18. The normalized spacial score (nSPS) is 18.4. The highest BCUT2D eigenvalue weighted by molar-refractivity contribution is 7.13. The van der Waals surface area contributed by atoms with E-state index in [1.807, 2.05) is 36.7 Å². The predicted octanol–water partition coefficient (Wildman–Crippen LogP) is 3.37. The van der Waals surface area contributed by atoms with Gasteiger partial charge >= 0.3 is 0 Å². The van der Waals surface area contributed by atoms with Gasteiger partial charge in [-0.05, 0) is 42.7 Å². The van der Waals surface area contributed by atoms with Crippen LogP contribution in [0.15, 0.2) is 54.0 Å². The third-order valence-corrected chi connectivity index (χ3v) is 7.16. The lowest BCUT2D eigenvalue weighted by Gasteiger charge is -2.27. The Morgan fingerprint density at radius 2 is 2.06 bits per heavy atom. The average Bonchev–Trinajstić information content (AvgIpc) is 3.47. The fourth-order valence-corrected chi connectivity index (χ4v) is 5.05. The van der Waals surface area contributed by atoms with Crippen molar-refractivity contribution in [3.63, 3.8) is 0 Å². The molecule has 2 N–H and O–H groups in total. The van der Waals surface area contributed by atoms with Gasteiger partial charge in [-0.2, -0.15) is 5.26 Å². The van der Waals surface area contributed by atoms with Crippen molar-refractivity contribution in [2.24, 2.45) is 0 Å². The number of aliphatic hydroxyl groups excluding tert-OH is 1. The van der Waals surface area contributed by atoms with Gasteiger partial charge in [0.25, 0.3) is 0 Å². The summed E-state index contributed by atoms with van der Waals surface area (Å²) >= 11 is 1.59. The molecule has 3 aromatic rings. The molecule has 0 spiro atoms. The molecule has 4 rings (SSSR count). The Bertz CT molecular complexity index is 1230. The summed E-state index contributed by atoms with van der Waals surface area (Å²) in [4.78, 5) is 33.0. The number of hydrogen-bond donors (Lipinski definition) is 2. The maximum absolute atomic E-state index is 13.2. The molecule has 7 nitrogen and oxygen atoms in total. The zero-order valence-corrected chi connectivity index (χ0v) is 19.9. The number of carbonyl (C=O) groups is 2. The monoisotopic (exact) mass is 474 g/mol. The van der Waals surface area contributed by atoms with Crippen molar-refractivity contribution in [1.29, 1.82) is 5.26 Å². The highest BCUT2D eigenvalue weighted by atomic mass is 32.1. The van der Waals surface area contributed by atoms with Crippen molar-refractivity contribution < 1.29 is 14.7 Å². The number of aromatic nitrogens is 1. The van der Waals surface area contributed by atoms with E-state index in [9.17, 15) is 14.7 Å². The number of hydrogen-bond acceptors (Lipinski definition) is 6. The summed E-state index contributed by atoms with van der Waals surface area (Å²) in [6, 6.07) is 16.2. The molecule has 2 heterocycles. The van der Waals surface area contributed by atoms with Crippen LogP contribution >= 0.6 is 11.3 Å². The van der Waals surface area contributed by atoms with E-state index in [1.54, 1.807) is 42.5 Å². The van der Waals surface area contributed by atoms with E-state index in [4.69, 9.17) is 5.26 Å². The quantitative estimate of drug-likeness (QED) is 0.570. The highest BCUT2D eigenvalue weighted by Gasteiger charge is 2.40. The zero-order chi connectivity index (χ0) is 24.2. The van der Waals surface area contributed by atoms with Crippen LogP contribution in [0.1, 0.15) is 41.6 Å². The first-order chi connectivity index (χ1) is 16.4. The summed E-state index contributed by atoms with van der Waals surface area (Å²) in [5.74, 6) is -1.06. The summed E-state index contributed by atoms with van der Waals surface area (Å²) in [6.07, 6.45) is -0.550. The Balaban J connectivity index is 1.41. The molecule has 1 saturated heterocycles. The number of aliphatic hydroxyl groups is 1. The molecule has 1 unspecified atom stereocenters. The number of amides is 2. The SMILES string of the molecule is Cc1ncsc1-c1ccc(CNC(=O)[C@@H]2C[C@@H](O)CN2C(=O)C(C)c2cccc(C#N)c2)cc1. The zero-order valence-electron chi connectivity index (χ0n) is 19.1. The summed E-state index contributed by atoms with van der Waals surface area (Å²) in [5.41, 5.74) is 6.02. The van der Waals surface area contributed by atoms with E-state index in [-0.39, 0.29) is 24.8 Å². The molecule has 1 fully saturated rings. The van der Waals surface area contributed by atoms with Gasteiger partial charge in [-0.25, -0.2) is 4.98 Å². The molecule has 0 aliphatic carbocycles. The van der Waals surface area contributed by atoms with Crippen LogP contribution in [0, 0.1) is 18.3 Å². The van der Waals surface area contributed by atoms with Gasteiger partial charge in [-0.1, -0.05) is 36.4 Å². The van der Waals surface area contributed by atoms with Crippen molar-refractivity contribution >= 4 is 23.2 Å². The minimum Gasteiger partial charge on any atom is -0.391 e. The molecule has 3 atom stereocenters. The first-order valence-electron chi connectivity index (χ1n) is 11.1. The third kappa shape index (κ3) is 5.01. The first-order valence-corrected chi connectivity index (χ1v) is 12.0. The number of likely N-dealkylation sites (tertiary alicyclic amines) is 1. The molecular weight excluding hydrogens is 448 g/mol. The summed E-state index contributed by atoms with van der Waals surface area (Å²) in [7, 11) is 0. The van der Waals surface area contributed by atoms with Gasteiger partial charge < -0.3 is 15.3 Å². The van der Waals surface area contributed by atoms with Gasteiger partial charge in [-0.3, -0.25) is 9.59 Å². The Morgan fingerprint density at radius 3 is 2.74 bits per heavy atom. The van der Waals surface area contributed by atoms with Crippen LogP contribution in [0.4, 0.5) is 0 Å². The van der Waals surface area contributed by atoms with Crippen LogP contribution in [0.25, 0.3) is 10.4 Å². The second-order valence-electron chi connectivity index (χ2n) is 8.54. The lowest BCUT2D eigenvalue weighted by Crippen LogP contribution is -2.47. The van der Waals surface area contributed by atoms with Crippen molar-refractivity contribution in [3.8, 4) is 16.5 Å². The molecule has 0 radical (unpaired) electrons. The van der Waals surface area contributed by atoms with Gasteiger partial charge in [0.2, 0.25) is 11.8 Å². The topological polar surface area (TPSA) is 106 Å². The van der Waals surface area contributed by atoms with E-state index in [0.29, 0.717) is 17.7 Å². The first kappa shape index (κ1) is 23.6. The largest absolute Gasteiger partial charge is 0.391 e. The molecule has 2 aromatic carbocycles.